The van der Waals surface area contributed by atoms with Crippen molar-refractivity contribution < 1.29 is 63.4 Å². The van der Waals surface area contributed by atoms with Crippen LogP contribution >= 0.6 is 7.82 Å². The van der Waals surface area contributed by atoms with Crippen LogP contribution in [0.3, 0.4) is 0 Å². The van der Waals surface area contributed by atoms with Crippen molar-refractivity contribution in [3.8, 4) is 11.5 Å². The number of carbonyl (C=O) groups excluding carboxylic acids is 1. The first-order valence-electron chi connectivity index (χ1n) is 3.58. The number of carboxylic acid groups (broad SMARTS) is 1. The molecular weight excluding hydrogens is 250 g/mol. The molecule has 0 bridgehead atoms. The maximum atomic E-state index is 10.4. The standard InChI is InChI=1S/C7H7O7P.Na/c8-5-1-4(7(9)10)2-6(3-5)14-15(11,12)13;/h1-3,8H,(H,9,10)(H2,11,12,13);/q;+1/p-1. The van der Waals surface area contributed by atoms with Crippen molar-refractivity contribution in [3.05, 3.63) is 23.8 Å². The molecule has 0 atom stereocenters. The van der Waals surface area contributed by atoms with Gasteiger partial charge in [-0.3, -0.25) is 9.79 Å². The van der Waals surface area contributed by atoms with Crippen LogP contribution in [0.2, 0.25) is 0 Å². The number of aromatic hydroxyl groups is 1. The summed E-state index contributed by atoms with van der Waals surface area (Å²) in [6.07, 6.45) is 0. The van der Waals surface area contributed by atoms with Gasteiger partial charge in [-0.1, -0.05) is 0 Å². The molecule has 16 heavy (non-hydrogen) atoms. The molecule has 0 aliphatic heterocycles. The second-order valence-electron chi connectivity index (χ2n) is 2.58. The van der Waals surface area contributed by atoms with Gasteiger partial charge in [-0.05, 0) is 12.1 Å². The molecule has 0 saturated carbocycles. The fourth-order valence-corrected chi connectivity index (χ4v) is 1.27. The van der Waals surface area contributed by atoms with Gasteiger partial charge in [0.25, 0.3) is 0 Å². The first-order valence-corrected chi connectivity index (χ1v) is 5.11. The second kappa shape index (κ2) is 5.67. The minimum absolute atomic E-state index is 0. The van der Waals surface area contributed by atoms with Crippen molar-refractivity contribution in [1.82, 2.24) is 0 Å². The molecule has 0 unspecified atom stereocenters. The van der Waals surface area contributed by atoms with E-state index in [1.165, 1.54) is 0 Å². The zero-order chi connectivity index (χ0) is 11.6. The van der Waals surface area contributed by atoms with Crippen LogP contribution in [0.25, 0.3) is 0 Å². The van der Waals surface area contributed by atoms with E-state index in [1.807, 2.05) is 0 Å². The summed E-state index contributed by atoms with van der Waals surface area (Å²) in [5, 5.41) is 19.4. The van der Waals surface area contributed by atoms with Gasteiger partial charge >= 0.3 is 37.4 Å². The number of aromatic carboxylic acids is 1. The van der Waals surface area contributed by atoms with E-state index >= 15 is 0 Å². The van der Waals surface area contributed by atoms with Gasteiger partial charge in [0, 0.05) is 11.6 Å². The number of phosphoric ester groups is 1. The predicted molar refractivity (Wildman–Crippen MR) is 45.1 cm³/mol. The van der Waals surface area contributed by atoms with Crippen molar-refractivity contribution in [1.29, 1.82) is 0 Å². The van der Waals surface area contributed by atoms with Gasteiger partial charge in [0.15, 0.2) is 0 Å². The molecule has 0 spiro atoms. The van der Waals surface area contributed by atoms with Gasteiger partial charge in [-0.15, -0.1) is 0 Å². The molecule has 7 nitrogen and oxygen atoms in total. The Labute approximate surface area is 112 Å². The number of phenolic OH excluding ortho intramolecular Hbond substituents is 1. The molecule has 0 aliphatic carbocycles. The fourth-order valence-electron chi connectivity index (χ4n) is 0.891. The Morgan fingerprint density at radius 1 is 1.31 bits per heavy atom. The van der Waals surface area contributed by atoms with E-state index < -0.39 is 30.9 Å². The average molecular weight is 256 g/mol. The summed E-state index contributed by atoms with van der Waals surface area (Å²) >= 11 is 0. The SMILES string of the molecule is O=C([O-])c1cc(O)cc(OP(=O)(O)O)c1.[Na+]. The van der Waals surface area contributed by atoms with Gasteiger partial charge < -0.3 is 19.5 Å². The van der Waals surface area contributed by atoms with E-state index in [1.54, 1.807) is 0 Å². The molecule has 1 aromatic rings. The molecule has 1 aromatic carbocycles. The van der Waals surface area contributed by atoms with Crippen molar-refractivity contribution >= 4 is 13.8 Å². The van der Waals surface area contributed by atoms with E-state index in [2.05, 4.69) is 4.52 Å². The molecule has 1 rings (SSSR count). The first kappa shape index (κ1) is 15.4. The third-order valence-electron chi connectivity index (χ3n) is 1.35. The van der Waals surface area contributed by atoms with E-state index in [4.69, 9.17) is 14.9 Å². The number of hydrogen-bond acceptors (Lipinski definition) is 5. The minimum atomic E-state index is -4.78. The van der Waals surface area contributed by atoms with Crippen LogP contribution in [0.15, 0.2) is 18.2 Å². The molecule has 0 heterocycles. The molecule has 9 heteroatoms. The summed E-state index contributed by atoms with van der Waals surface area (Å²) in [5.74, 6) is -2.55. The summed E-state index contributed by atoms with van der Waals surface area (Å²) < 4.78 is 14.5. The number of benzene rings is 1. The van der Waals surface area contributed by atoms with Crippen molar-refractivity contribution in [2.75, 3.05) is 0 Å². The Bertz CT molecular complexity index is 440. The summed E-state index contributed by atoms with van der Waals surface area (Å²) in [6.45, 7) is 0. The molecule has 0 aromatic heterocycles. The summed E-state index contributed by atoms with van der Waals surface area (Å²) in [4.78, 5) is 27.3. The van der Waals surface area contributed by atoms with Crippen molar-refractivity contribution in [2.24, 2.45) is 0 Å². The van der Waals surface area contributed by atoms with Crippen LogP contribution in [0.5, 0.6) is 11.5 Å². The maximum absolute atomic E-state index is 10.4. The van der Waals surface area contributed by atoms with E-state index in [0.717, 1.165) is 18.2 Å². The normalized spacial score (nSPS) is 10.4. The van der Waals surface area contributed by atoms with Crippen molar-refractivity contribution in [2.45, 2.75) is 0 Å². The van der Waals surface area contributed by atoms with Crippen LogP contribution < -0.4 is 39.2 Å². The Balaban J connectivity index is 0.00000225. The third-order valence-corrected chi connectivity index (χ3v) is 1.80. The average Bonchev–Trinajstić information content (AvgIpc) is 1.99. The first-order chi connectivity index (χ1) is 6.78. The van der Waals surface area contributed by atoms with Gasteiger partial charge in [-0.25, -0.2) is 4.57 Å². The molecule has 0 fully saturated rings. The number of phosphoric acid groups is 1. The van der Waals surface area contributed by atoms with Crippen LogP contribution in [-0.2, 0) is 4.57 Å². The Kier molecular flexibility index (Phi) is 5.48. The van der Waals surface area contributed by atoms with Gasteiger partial charge in [0.1, 0.15) is 11.5 Å². The van der Waals surface area contributed by atoms with Crippen LogP contribution in [0.1, 0.15) is 10.4 Å². The molecule has 0 radical (unpaired) electrons. The van der Waals surface area contributed by atoms with Gasteiger partial charge in [-0.2, -0.15) is 0 Å². The second-order valence-corrected chi connectivity index (χ2v) is 3.75. The molecule has 0 saturated heterocycles. The Hall–Kier alpha value is -0.560. The summed E-state index contributed by atoms with van der Waals surface area (Å²) in [5.41, 5.74) is -0.446. The van der Waals surface area contributed by atoms with E-state index in [9.17, 15) is 14.5 Å². The summed E-state index contributed by atoms with van der Waals surface area (Å²) in [6, 6.07) is 2.56. The van der Waals surface area contributed by atoms with E-state index in [-0.39, 0.29) is 29.6 Å². The van der Waals surface area contributed by atoms with Crippen LogP contribution in [0.4, 0.5) is 0 Å². The number of hydrogen-bond donors (Lipinski definition) is 3. The monoisotopic (exact) mass is 256 g/mol. The number of carboxylic acids is 1. The third kappa shape index (κ3) is 4.98. The zero-order valence-electron chi connectivity index (χ0n) is 8.15. The van der Waals surface area contributed by atoms with Crippen molar-refractivity contribution in [3.63, 3.8) is 0 Å². The van der Waals surface area contributed by atoms with Gasteiger partial charge in [0.2, 0.25) is 0 Å². The molecular formula is C7H6NaO7P. The topological polar surface area (TPSA) is 127 Å². The summed E-state index contributed by atoms with van der Waals surface area (Å²) in [7, 11) is -4.78. The molecule has 3 N–H and O–H groups in total. The van der Waals surface area contributed by atoms with Crippen LogP contribution in [0, 0.1) is 0 Å². The van der Waals surface area contributed by atoms with Gasteiger partial charge in [0.05, 0.1) is 5.97 Å². The van der Waals surface area contributed by atoms with E-state index in [0.29, 0.717) is 0 Å². The number of phenols is 1. The maximum Gasteiger partial charge on any atom is 1.00 e. The fraction of sp³-hybridized carbons (Fsp3) is 0. The zero-order valence-corrected chi connectivity index (χ0v) is 11.0. The molecule has 0 amide bonds. The quantitative estimate of drug-likeness (QED) is 0.374. The predicted octanol–water partition coefficient (Wildman–Crippen LogP) is -3.77. The van der Waals surface area contributed by atoms with Crippen LogP contribution in [-0.4, -0.2) is 20.9 Å². The largest absolute Gasteiger partial charge is 1.00 e. The Morgan fingerprint density at radius 3 is 2.31 bits per heavy atom. The number of rotatable bonds is 3. The minimum Gasteiger partial charge on any atom is -0.545 e. The molecule has 82 valence electrons. The molecule has 0 aliphatic rings. The smallest absolute Gasteiger partial charge is 0.545 e. The number of carbonyl (C=O) groups is 1. The Morgan fingerprint density at radius 2 is 1.88 bits per heavy atom.